The number of nitrogens with zero attached hydrogens (tertiary/aromatic N) is 2. The van der Waals surface area contributed by atoms with E-state index in [1.807, 2.05) is 52.3 Å². The quantitative estimate of drug-likeness (QED) is 0.801. The van der Waals surface area contributed by atoms with Gasteiger partial charge in [-0.15, -0.1) is 0 Å². The predicted molar refractivity (Wildman–Crippen MR) is 113 cm³/mol. The lowest BCUT2D eigenvalue weighted by Gasteiger charge is -2.37. The molecule has 2 aliphatic rings. The molecular formula is C24H28N2O3. The summed E-state index contributed by atoms with van der Waals surface area (Å²) < 4.78 is 5.55. The molecule has 1 atom stereocenters. The van der Waals surface area contributed by atoms with Crippen LogP contribution in [0.5, 0.6) is 5.75 Å². The summed E-state index contributed by atoms with van der Waals surface area (Å²) in [6.45, 7) is 1.95. The van der Waals surface area contributed by atoms with Crippen LogP contribution in [0.4, 0.5) is 5.69 Å². The smallest absolute Gasteiger partial charge is 0.231 e. The lowest BCUT2D eigenvalue weighted by atomic mass is 9.93. The van der Waals surface area contributed by atoms with Crippen molar-refractivity contribution in [3.05, 3.63) is 59.7 Å². The molecule has 1 fully saturated rings. The zero-order chi connectivity index (χ0) is 20.2. The Morgan fingerprint density at radius 1 is 1.03 bits per heavy atom. The Bertz CT molecular complexity index is 867. The number of hydrogen-bond donors (Lipinski definition) is 0. The maximum Gasteiger partial charge on any atom is 0.231 e. The summed E-state index contributed by atoms with van der Waals surface area (Å²) in [7, 11) is 1.65. The Kier molecular flexibility index (Phi) is 5.84. The molecule has 1 unspecified atom stereocenters. The predicted octanol–water partition coefficient (Wildman–Crippen LogP) is 3.46. The molecule has 0 aliphatic carbocycles. The van der Waals surface area contributed by atoms with Crippen LogP contribution in [0.2, 0.25) is 0 Å². The average Bonchev–Trinajstić information content (AvgIpc) is 2.78. The summed E-state index contributed by atoms with van der Waals surface area (Å²) >= 11 is 0. The Labute approximate surface area is 172 Å². The topological polar surface area (TPSA) is 49.9 Å². The first-order valence-electron chi connectivity index (χ1n) is 10.5. The molecule has 0 spiro atoms. The van der Waals surface area contributed by atoms with Gasteiger partial charge in [-0.05, 0) is 42.9 Å². The summed E-state index contributed by atoms with van der Waals surface area (Å²) in [5.74, 6) is 0.820. The van der Waals surface area contributed by atoms with E-state index in [9.17, 15) is 9.59 Å². The molecule has 2 amide bonds. The van der Waals surface area contributed by atoms with Gasteiger partial charge in [0.1, 0.15) is 5.75 Å². The third kappa shape index (κ3) is 4.14. The second-order valence-corrected chi connectivity index (χ2v) is 7.90. The first-order chi connectivity index (χ1) is 14.2. The van der Waals surface area contributed by atoms with Crippen molar-refractivity contribution in [2.24, 2.45) is 5.92 Å². The molecule has 0 radical (unpaired) electrons. The molecule has 2 aromatic rings. The number of aryl methyl sites for hydroxylation is 1. The molecule has 5 nitrogen and oxygen atoms in total. The van der Waals surface area contributed by atoms with Crippen LogP contribution in [0, 0.1) is 5.92 Å². The fraction of sp³-hybridized carbons (Fsp3) is 0.417. The third-order valence-electron chi connectivity index (χ3n) is 5.99. The highest BCUT2D eigenvalue weighted by Crippen LogP contribution is 2.37. The van der Waals surface area contributed by atoms with E-state index < -0.39 is 0 Å². The Hall–Kier alpha value is -2.82. The van der Waals surface area contributed by atoms with Crippen molar-refractivity contribution in [2.45, 2.75) is 32.1 Å². The highest BCUT2D eigenvalue weighted by molar-refractivity contribution is 5.98. The van der Waals surface area contributed by atoms with Crippen LogP contribution in [-0.4, -0.2) is 43.5 Å². The summed E-state index contributed by atoms with van der Waals surface area (Å²) in [4.78, 5) is 30.0. The van der Waals surface area contributed by atoms with Crippen molar-refractivity contribution < 1.29 is 14.3 Å². The molecule has 0 aromatic heterocycles. The van der Waals surface area contributed by atoms with Crippen LogP contribution in [0.25, 0.3) is 0 Å². The van der Waals surface area contributed by atoms with Crippen molar-refractivity contribution in [3.63, 3.8) is 0 Å². The van der Waals surface area contributed by atoms with Crippen LogP contribution in [-0.2, 0) is 22.4 Å². The second kappa shape index (κ2) is 8.68. The largest absolute Gasteiger partial charge is 0.495 e. The van der Waals surface area contributed by atoms with E-state index in [2.05, 4.69) is 6.07 Å². The van der Waals surface area contributed by atoms with Crippen molar-refractivity contribution in [1.82, 2.24) is 4.90 Å². The number of rotatable bonds is 4. The van der Waals surface area contributed by atoms with Gasteiger partial charge in [0.05, 0.1) is 25.1 Å². The van der Waals surface area contributed by atoms with Gasteiger partial charge in [0.15, 0.2) is 0 Å². The molecule has 1 saturated heterocycles. The number of carbonyl (C=O) groups excluding carboxylic acids is 2. The van der Waals surface area contributed by atoms with Crippen molar-refractivity contribution in [1.29, 1.82) is 0 Å². The number of piperidine rings is 1. The first kappa shape index (κ1) is 19.5. The maximum atomic E-state index is 13.4. The third-order valence-corrected chi connectivity index (χ3v) is 5.99. The first-order valence-corrected chi connectivity index (χ1v) is 10.5. The van der Waals surface area contributed by atoms with Crippen LogP contribution in [0.1, 0.15) is 30.4 Å². The molecule has 0 bridgehead atoms. The SMILES string of the molecule is COc1cccc2c1N(C(=O)C1CCCN(C(=O)Cc3ccccc3)C1)CCC2. The van der Waals surface area contributed by atoms with Gasteiger partial charge in [-0.1, -0.05) is 42.5 Å². The van der Waals surface area contributed by atoms with Gasteiger partial charge in [-0.2, -0.15) is 0 Å². The Morgan fingerprint density at radius 2 is 1.86 bits per heavy atom. The number of hydrogen-bond acceptors (Lipinski definition) is 3. The minimum Gasteiger partial charge on any atom is -0.495 e. The molecule has 2 heterocycles. The number of amides is 2. The van der Waals surface area contributed by atoms with E-state index in [-0.39, 0.29) is 17.7 Å². The molecule has 4 rings (SSSR count). The minimum atomic E-state index is -0.153. The molecule has 0 saturated carbocycles. The second-order valence-electron chi connectivity index (χ2n) is 7.90. The molecule has 0 N–H and O–H groups in total. The lowest BCUT2D eigenvalue weighted by molar-refractivity contribution is -0.134. The van der Waals surface area contributed by atoms with Gasteiger partial charge < -0.3 is 14.5 Å². The molecule has 5 heteroatoms. The van der Waals surface area contributed by atoms with Gasteiger partial charge in [0.25, 0.3) is 0 Å². The molecule has 152 valence electrons. The highest BCUT2D eigenvalue weighted by atomic mass is 16.5. The van der Waals surface area contributed by atoms with E-state index >= 15 is 0 Å². The van der Waals surface area contributed by atoms with Crippen molar-refractivity contribution in [3.8, 4) is 5.75 Å². The van der Waals surface area contributed by atoms with E-state index in [4.69, 9.17) is 4.74 Å². The number of para-hydroxylation sites is 1. The molecule has 29 heavy (non-hydrogen) atoms. The zero-order valence-electron chi connectivity index (χ0n) is 17.0. The number of anilines is 1. The fourth-order valence-corrected chi connectivity index (χ4v) is 4.51. The standard InChI is InChI=1S/C24H28N2O3/c1-29-21-13-5-10-19-11-7-15-26(23(19)21)24(28)20-12-6-14-25(17-20)22(27)16-18-8-3-2-4-9-18/h2-5,8-10,13,20H,6-7,11-12,14-17H2,1H3. The van der Waals surface area contributed by atoms with Crippen molar-refractivity contribution >= 4 is 17.5 Å². The monoisotopic (exact) mass is 392 g/mol. The number of benzene rings is 2. The van der Waals surface area contributed by atoms with Gasteiger partial charge in [0.2, 0.25) is 11.8 Å². The number of ether oxygens (including phenoxy) is 1. The van der Waals surface area contributed by atoms with Crippen LogP contribution >= 0.6 is 0 Å². The molecule has 2 aromatic carbocycles. The van der Waals surface area contributed by atoms with Gasteiger partial charge in [0, 0.05) is 19.6 Å². The summed E-state index contributed by atoms with van der Waals surface area (Å²) in [5, 5.41) is 0. The van der Waals surface area contributed by atoms with E-state index in [0.29, 0.717) is 19.5 Å². The zero-order valence-corrected chi connectivity index (χ0v) is 17.0. The summed E-state index contributed by atoms with van der Waals surface area (Å²) in [5.41, 5.74) is 3.09. The Balaban J connectivity index is 1.48. The maximum absolute atomic E-state index is 13.4. The van der Waals surface area contributed by atoms with Gasteiger partial charge in [-0.3, -0.25) is 9.59 Å². The molecular weight excluding hydrogens is 364 g/mol. The molecule has 2 aliphatic heterocycles. The van der Waals surface area contributed by atoms with Crippen molar-refractivity contribution in [2.75, 3.05) is 31.6 Å². The van der Waals surface area contributed by atoms with Crippen LogP contribution < -0.4 is 9.64 Å². The normalized spacial score (nSPS) is 18.9. The van der Waals surface area contributed by atoms with Crippen LogP contribution in [0.3, 0.4) is 0 Å². The fourth-order valence-electron chi connectivity index (χ4n) is 4.51. The lowest BCUT2D eigenvalue weighted by Crippen LogP contribution is -2.48. The Morgan fingerprint density at radius 3 is 2.66 bits per heavy atom. The summed E-state index contributed by atoms with van der Waals surface area (Å²) in [6, 6.07) is 15.8. The summed E-state index contributed by atoms with van der Waals surface area (Å²) in [6.07, 6.45) is 4.00. The van der Waals surface area contributed by atoms with Gasteiger partial charge >= 0.3 is 0 Å². The highest BCUT2D eigenvalue weighted by Gasteiger charge is 2.34. The van der Waals surface area contributed by atoms with E-state index in [0.717, 1.165) is 54.8 Å². The number of methoxy groups -OCH3 is 1. The number of carbonyl (C=O) groups is 2. The van der Waals surface area contributed by atoms with Gasteiger partial charge in [-0.25, -0.2) is 0 Å². The van der Waals surface area contributed by atoms with E-state index in [1.165, 1.54) is 0 Å². The number of likely N-dealkylation sites (tertiary alicyclic amines) is 1. The number of fused-ring (bicyclic) bond motifs is 1. The van der Waals surface area contributed by atoms with E-state index in [1.54, 1.807) is 7.11 Å². The average molecular weight is 392 g/mol. The minimum absolute atomic E-state index is 0.102. The van der Waals surface area contributed by atoms with Crippen LogP contribution in [0.15, 0.2) is 48.5 Å².